The van der Waals surface area contributed by atoms with Crippen LogP contribution in [-0.4, -0.2) is 23.8 Å². The Labute approximate surface area is 206 Å². The number of nitro benzene ring substituents is 1. The topological polar surface area (TPSA) is 120 Å². The summed E-state index contributed by atoms with van der Waals surface area (Å²) in [6.45, 7) is 0. The first-order valence-corrected chi connectivity index (χ1v) is 10.8. The minimum Gasteiger partial charge on any atom is -0.497 e. The lowest BCUT2D eigenvalue weighted by Gasteiger charge is -2.10. The van der Waals surface area contributed by atoms with E-state index < -0.39 is 4.92 Å². The lowest BCUT2D eigenvalue weighted by Crippen LogP contribution is -2.14. The number of non-ortho nitro benzene ring substituents is 1. The fraction of sp³-hybridized carbons (Fsp3) is 0.0370. The van der Waals surface area contributed by atoms with Crippen molar-refractivity contribution in [2.45, 2.75) is 0 Å². The predicted molar refractivity (Wildman–Crippen MR) is 135 cm³/mol. The average molecular weight is 483 g/mol. The Morgan fingerprint density at radius 3 is 1.86 bits per heavy atom. The number of benzene rings is 4. The quantitative estimate of drug-likeness (QED) is 0.238. The molecule has 0 bridgehead atoms. The van der Waals surface area contributed by atoms with Gasteiger partial charge in [-0.1, -0.05) is 6.07 Å². The van der Waals surface area contributed by atoms with Crippen molar-refractivity contribution in [1.29, 1.82) is 0 Å². The number of methoxy groups -OCH3 is 1. The number of rotatable bonds is 8. The number of hydrogen-bond acceptors (Lipinski definition) is 6. The number of hydrogen-bond donors (Lipinski definition) is 2. The van der Waals surface area contributed by atoms with Gasteiger partial charge < -0.3 is 20.1 Å². The normalized spacial score (nSPS) is 10.2. The molecule has 0 aliphatic carbocycles. The molecular formula is C27H21N3O6. The molecule has 4 aromatic carbocycles. The van der Waals surface area contributed by atoms with E-state index in [0.29, 0.717) is 39.8 Å². The van der Waals surface area contributed by atoms with Gasteiger partial charge in [-0.25, -0.2) is 0 Å². The number of carbonyl (C=O) groups excluding carboxylic acids is 2. The molecule has 0 heterocycles. The summed E-state index contributed by atoms with van der Waals surface area (Å²) in [5, 5.41) is 16.3. The van der Waals surface area contributed by atoms with Crippen molar-refractivity contribution < 1.29 is 24.0 Å². The standard InChI is InChI=1S/C27H21N3O6/c1-35-23-13-7-20(8-14-23)28-27(32)19-3-2-4-21(17-19)29-26(31)18-5-11-24(12-6-18)36-25-15-9-22(10-16-25)30(33)34/h2-17H,1H3,(H,28,32)(H,29,31). The smallest absolute Gasteiger partial charge is 0.269 e. The van der Waals surface area contributed by atoms with Gasteiger partial charge in [0, 0.05) is 34.6 Å². The van der Waals surface area contributed by atoms with Crippen molar-refractivity contribution in [1.82, 2.24) is 0 Å². The van der Waals surface area contributed by atoms with Crippen LogP contribution in [0.25, 0.3) is 0 Å². The van der Waals surface area contributed by atoms with Crippen LogP contribution in [-0.2, 0) is 0 Å². The molecule has 0 fully saturated rings. The molecule has 0 spiro atoms. The summed E-state index contributed by atoms with van der Waals surface area (Å²) in [5.74, 6) is 0.914. The molecule has 0 aliphatic heterocycles. The maximum Gasteiger partial charge on any atom is 0.269 e. The molecule has 9 nitrogen and oxygen atoms in total. The lowest BCUT2D eigenvalue weighted by atomic mass is 10.1. The van der Waals surface area contributed by atoms with Crippen molar-refractivity contribution in [2.24, 2.45) is 0 Å². The molecule has 0 atom stereocenters. The Morgan fingerprint density at radius 2 is 1.25 bits per heavy atom. The second kappa shape index (κ2) is 10.8. The van der Waals surface area contributed by atoms with Gasteiger partial charge in [0.15, 0.2) is 0 Å². The van der Waals surface area contributed by atoms with Crippen LogP contribution in [0, 0.1) is 10.1 Å². The molecule has 0 radical (unpaired) electrons. The first-order chi connectivity index (χ1) is 17.4. The minimum absolute atomic E-state index is 0.0309. The third-order valence-electron chi connectivity index (χ3n) is 5.13. The molecule has 0 saturated carbocycles. The van der Waals surface area contributed by atoms with Crippen LogP contribution < -0.4 is 20.1 Å². The van der Waals surface area contributed by atoms with Gasteiger partial charge in [0.25, 0.3) is 17.5 Å². The fourth-order valence-electron chi connectivity index (χ4n) is 3.27. The average Bonchev–Trinajstić information content (AvgIpc) is 2.90. The van der Waals surface area contributed by atoms with Gasteiger partial charge in [0.1, 0.15) is 17.2 Å². The van der Waals surface area contributed by atoms with E-state index >= 15 is 0 Å². The minimum atomic E-state index is -0.486. The summed E-state index contributed by atoms with van der Waals surface area (Å²) >= 11 is 0. The monoisotopic (exact) mass is 483 g/mol. The van der Waals surface area contributed by atoms with E-state index in [4.69, 9.17) is 9.47 Å². The summed E-state index contributed by atoms with van der Waals surface area (Å²) in [7, 11) is 1.57. The van der Waals surface area contributed by atoms with E-state index in [1.165, 1.54) is 24.3 Å². The number of nitrogens with zero attached hydrogens (tertiary/aromatic N) is 1. The molecule has 36 heavy (non-hydrogen) atoms. The van der Waals surface area contributed by atoms with Gasteiger partial charge in [0.05, 0.1) is 12.0 Å². The molecule has 2 amide bonds. The van der Waals surface area contributed by atoms with Gasteiger partial charge in [-0.2, -0.15) is 0 Å². The Bertz CT molecular complexity index is 1380. The van der Waals surface area contributed by atoms with E-state index in [1.807, 2.05) is 0 Å². The van der Waals surface area contributed by atoms with E-state index in [-0.39, 0.29) is 17.5 Å². The van der Waals surface area contributed by atoms with Gasteiger partial charge in [0.2, 0.25) is 0 Å². The van der Waals surface area contributed by atoms with Crippen molar-refractivity contribution in [3.8, 4) is 17.2 Å². The van der Waals surface area contributed by atoms with Gasteiger partial charge in [-0.3, -0.25) is 19.7 Å². The third-order valence-corrected chi connectivity index (χ3v) is 5.13. The van der Waals surface area contributed by atoms with Crippen LogP contribution in [0.3, 0.4) is 0 Å². The van der Waals surface area contributed by atoms with Crippen LogP contribution in [0.2, 0.25) is 0 Å². The maximum atomic E-state index is 12.7. The van der Waals surface area contributed by atoms with Crippen LogP contribution >= 0.6 is 0 Å². The van der Waals surface area contributed by atoms with Crippen LogP contribution in [0.4, 0.5) is 17.1 Å². The Morgan fingerprint density at radius 1 is 0.694 bits per heavy atom. The maximum absolute atomic E-state index is 12.7. The zero-order valence-electron chi connectivity index (χ0n) is 19.1. The largest absolute Gasteiger partial charge is 0.497 e. The second-order valence-electron chi connectivity index (χ2n) is 7.60. The van der Waals surface area contributed by atoms with Crippen molar-refractivity contribution in [2.75, 3.05) is 17.7 Å². The molecule has 180 valence electrons. The molecule has 4 rings (SSSR count). The highest BCUT2D eigenvalue weighted by Gasteiger charge is 2.11. The number of nitrogens with one attached hydrogen (secondary N) is 2. The Kier molecular flexibility index (Phi) is 7.21. The molecule has 2 N–H and O–H groups in total. The second-order valence-corrected chi connectivity index (χ2v) is 7.60. The van der Waals surface area contributed by atoms with Gasteiger partial charge >= 0.3 is 0 Å². The molecular weight excluding hydrogens is 462 g/mol. The Hall–Kier alpha value is -5.18. The zero-order valence-corrected chi connectivity index (χ0v) is 19.1. The van der Waals surface area contributed by atoms with E-state index in [9.17, 15) is 19.7 Å². The van der Waals surface area contributed by atoms with E-state index in [1.54, 1.807) is 79.9 Å². The van der Waals surface area contributed by atoms with Crippen LogP contribution in [0.1, 0.15) is 20.7 Å². The first kappa shape index (κ1) is 24.0. The van der Waals surface area contributed by atoms with Crippen molar-refractivity contribution >= 4 is 28.9 Å². The first-order valence-electron chi connectivity index (χ1n) is 10.8. The van der Waals surface area contributed by atoms with Crippen LogP contribution in [0.15, 0.2) is 97.1 Å². The summed E-state index contributed by atoms with van der Waals surface area (Å²) in [4.78, 5) is 35.6. The number of ether oxygens (including phenoxy) is 2. The van der Waals surface area contributed by atoms with E-state index in [2.05, 4.69) is 10.6 Å². The summed E-state index contributed by atoms with van der Waals surface area (Å²) < 4.78 is 10.8. The fourth-order valence-corrected chi connectivity index (χ4v) is 3.27. The van der Waals surface area contributed by atoms with Gasteiger partial charge in [-0.05, 0) is 78.9 Å². The number of carbonyl (C=O) groups is 2. The Balaban J connectivity index is 1.37. The van der Waals surface area contributed by atoms with Crippen molar-refractivity contribution in [3.63, 3.8) is 0 Å². The van der Waals surface area contributed by atoms with Crippen LogP contribution in [0.5, 0.6) is 17.2 Å². The van der Waals surface area contributed by atoms with Crippen molar-refractivity contribution in [3.05, 3.63) is 118 Å². The molecule has 0 aliphatic rings. The third kappa shape index (κ3) is 6.03. The van der Waals surface area contributed by atoms with E-state index in [0.717, 1.165) is 0 Å². The number of nitro groups is 1. The highest BCUT2D eigenvalue weighted by Crippen LogP contribution is 2.24. The molecule has 0 unspecified atom stereocenters. The molecule has 4 aromatic rings. The summed E-state index contributed by atoms with van der Waals surface area (Å²) in [6.07, 6.45) is 0. The number of amides is 2. The zero-order chi connectivity index (χ0) is 25.5. The summed E-state index contributed by atoms with van der Waals surface area (Å²) in [6, 6.07) is 25.7. The summed E-state index contributed by atoms with van der Waals surface area (Å²) in [5.41, 5.74) is 1.83. The molecule has 9 heteroatoms. The van der Waals surface area contributed by atoms with Gasteiger partial charge in [-0.15, -0.1) is 0 Å². The SMILES string of the molecule is COc1ccc(NC(=O)c2cccc(NC(=O)c3ccc(Oc4ccc([N+](=O)[O-])cc4)cc3)c2)cc1. The lowest BCUT2D eigenvalue weighted by molar-refractivity contribution is -0.384. The highest BCUT2D eigenvalue weighted by atomic mass is 16.6. The molecule has 0 aromatic heterocycles. The molecule has 0 saturated heterocycles. The highest BCUT2D eigenvalue weighted by molar-refractivity contribution is 6.07. The predicted octanol–water partition coefficient (Wildman–Crippen LogP) is 5.90. The number of anilines is 2.